The van der Waals surface area contributed by atoms with Gasteiger partial charge in [0.05, 0.1) is 0 Å². The summed E-state index contributed by atoms with van der Waals surface area (Å²) in [6, 6.07) is 3.99. The maximum Gasteiger partial charge on any atom is 0.157 e. The number of phenols is 2. The molecule has 1 aliphatic rings. The molecule has 0 aromatic heterocycles. The SMILES string of the molecule is CCCN(C)[C@@H]1CCc2cc(O)c(O)cc2C1. The predicted octanol–water partition coefficient (Wildman–Crippen LogP) is 2.30. The molecule has 1 aromatic rings. The van der Waals surface area contributed by atoms with E-state index in [9.17, 15) is 10.2 Å². The van der Waals surface area contributed by atoms with Crippen LogP contribution in [0, 0.1) is 0 Å². The van der Waals surface area contributed by atoms with Crippen LogP contribution in [0.25, 0.3) is 0 Å². The molecule has 2 N–H and O–H groups in total. The molecule has 3 nitrogen and oxygen atoms in total. The van der Waals surface area contributed by atoms with Crippen molar-refractivity contribution in [3.05, 3.63) is 23.3 Å². The summed E-state index contributed by atoms with van der Waals surface area (Å²) in [6.07, 6.45) is 4.26. The summed E-state index contributed by atoms with van der Waals surface area (Å²) in [5, 5.41) is 19.0. The van der Waals surface area contributed by atoms with E-state index in [1.54, 1.807) is 12.1 Å². The quantitative estimate of drug-likeness (QED) is 0.790. The molecule has 94 valence electrons. The number of nitrogens with zero attached hydrogens (tertiary/aromatic N) is 1. The highest BCUT2D eigenvalue weighted by Crippen LogP contribution is 2.33. The van der Waals surface area contributed by atoms with Crippen molar-refractivity contribution in [3.63, 3.8) is 0 Å². The largest absolute Gasteiger partial charge is 0.504 e. The smallest absolute Gasteiger partial charge is 0.157 e. The van der Waals surface area contributed by atoms with Crippen LogP contribution in [0.5, 0.6) is 11.5 Å². The molecular formula is C14H21NO2. The van der Waals surface area contributed by atoms with Gasteiger partial charge in [-0.3, -0.25) is 0 Å². The minimum absolute atomic E-state index is 0.00236. The van der Waals surface area contributed by atoms with Crippen LogP contribution in [0.2, 0.25) is 0 Å². The molecule has 0 fully saturated rings. The highest BCUT2D eigenvalue weighted by atomic mass is 16.3. The molecule has 0 aliphatic heterocycles. The Kier molecular flexibility index (Phi) is 3.57. The molecule has 1 atom stereocenters. The maximum atomic E-state index is 9.54. The highest BCUT2D eigenvalue weighted by molar-refractivity contribution is 5.46. The van der Waals surface area contributed by atoms with Gasteiger partial charge < -0.3 is 15.1 Å². The second-order valence-electron chi connectivity index (χ2n) is 4.99. The molecule has 0 radical (unpaired) electrons. The van der Waals surface area contributed by atoms with Gasteiger partial charge in [0.1, 0.15) is 0 Å². The van der Waals surface area contributed by atoms with Crippen molar-refractivity contribution in [1.29, 1.82) is 0 Å². The van der Waals surface area contributed by atoms with Crippen molar-refractivity contribution >= 4 is 0 Å². The minimum Gasteiger partial charge on any atom is -0.504 e. The predicted molar refractivity (Wildman–Crippen MR) is 68.5 cm³/mol. The maximum absolute atomic E-state index is 9.54. The van der Waals surface area contributed by atoms with Gasteiger partial charge in [-0.15, -0.1) is 0 Å². The van der Waals surface area contributed by atoms with E-state index >= 15 is 0 Å². The Labute approximate surface area is 103 Å². The van der Waals surface area contributed by atoms with Gasteiger partial charge in [0.2, 0.25) is 0 Å². The number of fused-ring (bicyclic) bond motifs is 1. The van der Waals surface area contributed by atoms with Crippen molar-refractivity contribution in [1.82, 2.24) is 4.90 Å². The highest BCUT2D eigenvalue weighted by Gasteiger charge is 2.22. The average molecular weight is 235 g/mol. The van der Waals surface area contributed by atoms with Crippen molar-refractivity contribution in [2.45, 2.75) is 38.6 Å². The van der Waals surface area contributed by atoms with Crippen LogP contribution in [0.3, 0.4) is 0 Å². The summed E-state index contributed by atoms with van der Waals surface area (Å²) >= 11 is 0. The van der Waals surface area contributed by atoms with E-state index in [1.165, 1.54) is 17.5 Å². The number of phenolic OH excluding ortho intramolecular Hbond substituents is 2. The van der Waals surface area contributed by atoms with E-state index in [1.807, 2.05) is 0 Å². The number of aromatic hydroxyl groups is 2. The number of hydrogen-bond acceptors (Lipinski definition) is 3. The summed E-state index contributed by atoms with van der Waals surface area (Å²) in [6.45, 7) is 3.31. The first-order chi connectivity index (χ1) is 8.11. The van der Waals surface area contributed by atoms with Crippen molar-refractivity contribution in [2.75, 3.05) is 13.6 Å². The second kappa shape index (κ2) is 4.96. The Morgan fingerprint density at radius 1 is 1.24 bits per heavy atom. The normalized spacial score (nSPS) is 19.4. The zero-order valence-electron chi connectivity index (χ0n) is 10.6. The monoisotopic (exact) mass is 235 g/mol. The number of aryl methyl sites for hydroxylation is 1. The van der Waals surface area contributed by atoms with Gasteiger partial charge in [-0.1, -0.05) is 6.92 Å². The summed E-state index contributed by atoms with van der Waals surface area (Å²) in [4.78, 5) is 2.40. The van der Waals surface area contributed by atoms with E-state index in [0.29, 0.717) is 6.04 Å². The van der Waals surface area contributed by atoms with Crippen molar-refractivity contribution < 1.29 is 10.2 Å². The van der Waals surface area contributed by atoms with Gasteiger partial charge in [0.15, 0.2) is 11.5 Å². The molecular weight excluding hydrogens is 214 g/mol. The Morgan fingerprint density at radius 3 is 2.53 bits per heavy atom. The first-order valence-corrected chi connectivity index (χ1v) is 6.35. The average Bonchev–Trinajstić information content (AvgIpc) is 2.30. The molecule has 1 aromatic carbocycles. The zero-order chi connectivity index (χ0) is 12.4. The topological polar surface area (TPSA) is 43.7 Å². The molecule has 0 heterocycles. The standard InChI is InChI=1S/C14H21NO2/c1-3-6-15(2)12-5-4-10-8-13(16)14(17)9-11(10)7-12/h8-9,12,16-17H,3-7H2,1-2H3/t12-/m1/s1. The number of benzene rings is 1. The fourth-order valence-electron chi connectivity index (χ4n) is 2.68. The molecule has 0 spiro atoms. The lowest BCUT2D eigenvalue weighted by Crippen LogP contribution is -2.36. The summed E-state index contributed by atoms with van der Waals surface area (Å²) in [5.74, 6) is 0.00616. The van der Waals surface area contributed by atoms with Gasteiger partial charge in [0.25, 0.3) is 0 Å². The van der Waals surface area contributed by atoms with E-state index in [2.05, 4.69) is 18.9 Å². The molecule has 0 unspecified atom stereocenters. The first kappa shape index (κ1) is 12.2. The zero-order valence-corrected chi connectivity index (χ0v) is 10.6. The van der Waals surface area contributed by atoms with Gasteiger partial charge in [-0.05, 0) is 62.5 Å². The molecule has 0 saturated heterocycles. The number of likely N-dealkylation sites (N-methyl/N-ethyl adjacent to an activating group) is 1. The Balaban J connectivity index is 2.15. The molecule has 0 bridgehead atoms. The Hall–Kier alpha value is -1.22. The molecule has 0 amide bonds. The molecule has 17 heavy (non-hydrogen) atoms. The Bertz CT molecular complexity index is 403. The van der Waals surface area contributed by atoms with Crippen LogP contribution >= 0.6 is 0 Å². The van der Waals surface area contributed by atoms with E-state index < -0.39 is 0 Å². The van der Waals surface area contributed by atoms with Crippen molar-refractivity contribution in [2.24, 2.45) is 0 Å². The van der Waals surface area contributed by atoms with Crippen LogP contribution in [-0.2, 0) is 12.8 Å². The lowest BCUT2D eigenvalue weighted by atomic mass is 9.87. The summed E-state index contributed by atoms with van der Waals surface area (Å²) < 4.78 is 0. The van der Waals surface area contributed by atoms with E-state index in [4.69, 9.17) is 0 Å². The summed E-state index contributed by atoms with van der Waals surface area (Å²) in [7, 11) is 2.17. The molecule has 2 rings (SSSR count). The third-order valence-electron chi connectivity index (χ3n) is 3.70. The second-order valence-corrected chi connectivity index (χ2v) is 4.99. The van der Waals surface area contributed by atoms with Crippen LogP contribution in [0.4, 0.5) is 0 Å². The first-order valence-electron chi connectivity index (χ1n) is 6.35. The number of rotatable bonds is 3. The molecule has 0 saturated carbocycles. The van der Waals surface area contributed by atoms with Gasteiger partial charge in [-0.2, -0.15) is 0 Å². The van der Waals surface area contributed by atoms with Crippen LogP contribution < -0.4 is 0 Å². The minimum atomic E-state index is 0.00236. The van der Waals surface area contributed by atoms with Gasteiger partial charge >= 0.3 is 0 Å². The van der Waals surface area contributed by atoms with Crippen molar-refractivity contribution in [3.8, 4) is 11.5 Å². The third-order valence-corrected chi connectivity index (χ3v) is 3.70. The number of hydrogen-bond donors (Lipinski definition) is 2. The van der Waals surface area contributed by atoms with Crippen LogP contribution in [-0.4, -0.2) is 34.7 Å². The third kappa shape index (κ3) is 2.55. The lowest BCUT2D eigenvalue weighted by molar-refractivity contribution is 0.222. The summed E-state index contributed by atoms with van der Waals surface area (Å²) in [5.41, 5.74) is 2.36. The van der Waals surface area contributed by atoms with Crippen LogP contribution in [0.15, 0.2) is 12.1 Å². The van der Waals surface area contributed by atoms with Gasteiger partial charge in [-0.25, -0.2) is 0 Å². The molecule has 3 heteroatoms. The van der Waals surface area contributed by atoms with E-state index in [-0.39, 0.29) is 11.5 Å². The fraction of sp³-hybridized carbons (Fsp3) is 0.571. The fourth-order valence-corrected chi connectivity index (χ4v) is 2.68. The lowest BCUT2D eigenvalue weighted by Gasteiger charge is -2.32. The van der Waals surface area contributed by atoms with E-state index in [0.717, 1.165) is 25.8 Å². The van der Waals surface area contributed by atoms with Gasteiger partial charge in [0, 0.05) is 6.04 Å². The molecule has 1 aliphatic carbocycles. The Morgan fingerprint density at radius 2 is 1.88 bits per heavy atom. The van der Waals surface area contributed by atoms with Crippen LogP contribution in [0.1, 0.15) is 30.9 Å².